The fraction of sp³-hybridized carbons (Fsp3) is 0.200. The molecule has 0 bridgehead atoms. The van der Waals surface area contributed by atoms with Crippen LogP contribution in [0.3, 0.4) is 0 Å². The number of benzene rings is 2. The molecule has 0 spiro atoms. The van der Waals surface area contributed by atoms with Crippen LogP contribution < -0.4 is 4.74 Å². The summed E-state index contributed by atoms with van der Waals surface area (Å²) in [5.74, 6) is 0.166. The van der Waals surface area contributed by atoms with Gasteiger partial charge in [0.15, 0.2) is 0 Å². The Morgan fingerprint density at radius 1 is 1.14 bits per heavy atom. The van der Waals surface area contributed by atoms with Crippen LogP contribution in [0.2, 0.25) is 0 Å². The quantitative estimate of drug-likeness (QED) is 0.243. The van der Waals surface area contributed by atoms with E-state index in [0.29, 0.717) is 17.9 Å². The lowest BCUT2D eigenvalue weighted by Crippen LogP contribution is -2.22. The lowest BCUT2D eigenvalue weighted by molar-refractivity contribution is 0.0472. The number of ether oxygens (including phenoxy) is 2. The average Bonchev–Trinajstić information content (AvgIpc) is 3.25. The van der Waals surface area contributed by atoms with Crippen LogP contribution in [0.25, 0.3) is 10.4 Å². The highest BCUT2D eigenvalue weighted by Gasteiger charge is 2.11. The first-order valence-electron chi connectivity index (χ1n) is 8.70. The number of aromatic nitrogens is 2. The monoisotopic (exact) mass is 377 g/mol. The van der Waals surface area contributed by atoms with E-state index in [1.807, 2.05) is 30.3 Å². The Labute approximate surface area is 161 Å². The first-order valence-corrected chi connectivity index (χ1v) is 8.70. The van der Waals surface area contributed by atoms with Gasteiger partial charge in [-0.3, -0.25) is 4.68 Å². The van der Waals surface area contributed by atoms with Gasteiger partial charge in [0.2, 0.25) is 0 Å². The molecule has 0 fully saturated rings. The Bertz CT molecular complexity index is 920. The molecule has 1 atom stereocenters. The predicted molar refractivity (Wildman–Crippen MR) is 103 cm³/mol. The van der Waals surface area contributed by atoms with Gasteiger partial charge in [-0.25, -0.2) is 4.79 Å². The molecule has 3 aromatic rings. The second kappa shape index (κ2) is 9.80. The summed E-state index contributed by atoms with van der Waals surface area (Å²) in [4.78, 5) is 15.0. The highest BCUT2D eigenvalue weighted by Crippen LogP contribution is 2.15. The molecule has 8 heteroatoms. The van der Waals surface area contributed by atoms with E-state index >= 15 is 0 Å². The van der Waals surface area contributed by atoms with E-state index in [9.17, 15) is 4.79 Å². The van der Waals surface area contributed by atoms with Crippen molar-refractivity contribution in [3.8, 4) is 5.75 Å². The van der Waals surface area contributed by atoms with Crippen molar-refractivity contribution >= 4 is 5.97 Å². The van der Waals surface area contributed by atoms with E-state index in [-0.39, 0.29) is 13.2 Å². The van der Waals surface area contributed by atoms with Crippen LogP contribution in [0.1, 0.15) is 15.9 Å². The summed E-state index contributed by atoms with van der Waals surface area (Å²) in [7, 11) is 0. The molecule has 0 saturated carbocycles. The maximum atomic E-state index is 12.1. The summed E-state index contributed by atoms with van der Waals surface area (Å²) in [5.41, 5.74) is 10.1. The van der Waals surface area contributed by atoms with E-state index < -0.39 is 12.0 Å². The van der Waals surface area contributed by atoms with Gasteiger partial charge in [0, 0.05) is 17.3 Å². The summed E-state index contributed by atoms with van der Waals surface area (Å²) >= 11 is 0. The molecule has 0 aliphatic heterocycles. The van der Waals surface area contributed by atoms with Crippen LogP contribution in [0.5, 0.6) is 5.75 Å². The largest absolute Gasteiger partial charge is 0.493 e. The van der Waals surface area contributed by atoms with Crippen molar-refractivity contribution in [2.75, 3.05) is 6.61 Å². The minimum absolute atomic E-state index is 0.196. The number of hydrogen-bond acceptors (Lipinski definition) is 5. The van der Waals surface area contributed by atoms with Crippen molar-refractivity contribution in [3.05, 3.63) is 94.6 Å². The van der Waals surface area contributed by atoms with Gasteiger partial charge in [-0.2, -0.15) is 5.10 Å². The van der Waals surface area contributed by atoms with Crippen molar-refractivity contribution in [2.45, 2.75) is 19.2 Å². The summed E-state index contributed by atoms with van der Waals surface area (Å²) < 4.78 is 12.6. The third-order valence-electron chi connectivity index (χ3n) is 3.92. The van der Waals surface area contributed by atoms with Crippen LogP contribution in [-0.4, -0.2) is 28.4 Å². The van der Waals surface area contributed by atoms with Crippen molar-refractivity contribution in [3.63, 3.8) is 0 Å². The van der Waals surface area contributed by atoms with Gasteiger partial charge < -0.3 is 9.47 Å². The Hall–Kier alpha value is -3.77. The molecule has 0 amide bonds. The molecule has 1 aromatic heterocycles. The molecule has 8 nitrogen and oxygen atoms in total. The Balaban J connectivity index is 1.51. The summed E-state index contributed by atoms with van der Waals surface area (Å²) in [5, 5.41) is 7.82. The van der Waals surface area contributed by atoms with Crippen molar-refractivity contribution in [1.82, 2.24) is 9.78 Å². The number of hydrogen-bond donors (Lipinski definition) is 0. The summed E-state index contributed by atoms with van der Waals surface area (Å²) in [6, 6.07) is 17.5. The van der Waals surface area contributed by atoms with Gasteiger partial charge >= 0.3 is 5.97 Å². The van der Waals surface area contributed by atoms with Gasteiger partial charge in [-0.05, 0) is 41.4 Å². The predicted octanol–water partition coefficient (Wildman–Crippen LogP) is 4.00. The molecule has 0 radical (unpaired) electrons. The average molecular weight is 377 g/mol. The molecule has 2 aromatic carbocycles. The molecule has 3 rings (SSSR count). The Kier molecular flexibility index (Phi) is 6.65. The molecule has 0 saturated heterocycles. The third-order valence-corrected chi connectivity index (χ3v) is 3.92. The fourth-order valence-electron chi connectivity index (χ4n) is 2.51. The SMILES string of the molecule is [N-]=[N+]=N[C@@H](COc1ccc(C(=O)OCc2ccccc2)cc1)Cn1cccn1. The number of carbonyl (C=O) groups excluding carboxylic acids is 1. The van der Waals surface area contributed by atoms with Crippen LogP contribution in [-0.2, 0) is 17.9 Å². The lowest BCUT2D eigenvalue weighted by Gasteiger charge is -2.13. The second-order valence-electron chi connectivity index (χ2n) is 5.98. The second-order valence-corrected chi connectivity index (χ2v) is 5.98. The van der Waals surface area contributed by atoms with Crippen LogP contribution in [0.4, 0.5) is 0 Å². The van der Waals surface area contributed by atoms with Crippen molar-refractivity contribution < 1.29 is 14.3 Å². The minimum atomic E-state index is -0.402. The highest BCUT2D eigenvalue weighted by molar-refractivity contribution is 5.89. The third kappa shape index (κ3) is 5.62. The molecule has 0 aliphatic carbocycles. The zero-order valence-corrected chi connectivity index (χ0v) is 15.1. The first kappa shape index (κ1) is 19.0. The van der Waals surface area contributed by atoms with Crippen LogP contribution in [0, 0.1) is 0 Å². The standard InChI is InChI=1S/C20H19N5O3/c21-24-23-18(13-25-12-4-11-22-25)15-27-19-9-7-17(8-10-19)20(26)28-14-16-5-2-1-3-6-16/h1-12,18H,13-15H2/t18-/m1/s1. The molecule has 142 valence electrons. The summed E-state index contributed by atoms with van der Waals surface area (Å²) in [6.07, 6.45) is 3.44. The Morgan fingerprint density at radius 2 is 1.93 bits per heavy atom. The van der Waals surface area contributed by atoms with E-state index in [0.717, 1.165) is 5.56 Å². The minimum Gasteiger partial charge on any atom is -0.493 e. The van der Waals surface area contributed by atoms with Crippen LogP contribution in [0.15, 0.2) is 78.2 Å². The zero-order valence-electron chi connectivity index (χ0n) is 15.1. The van der Waals surface area contributed by atoms with Crippen molar-refractivity contribution in [2.24, 2.45) is 5.11 Å². The Morgan fingerprint density at radius 3 is 2.61 bits per heavy atom. The zero-order chi connectivity index (χ0) is 19.6. The summed E-state index contributed by atoms with van der Waals surface area (Å²) in [6.45, 7) is 0.835. The van der Waals surface area contributed by atoms with Gasteiger partial charge in [-0.1, -0.05) is 35.4 Å². The number of carbonyl (C=O) groups is 1. The topological polar surface area (TPSA) is 102 Å². The maximum absolute atomic E-state index is 12.1. The number of nitrogens with zero attached hydrogens (tertiary/aromatic N) is 5. The normalized spacial score (nSPS) is 11.3. The smallest absolute Gasteiger partial charge is 0.338 e. The van der Waals surface area contributed by atoms with E-state index in [2.05, 4.69) is 15.1 Å². The highest BCUT2D eigenvalue weighted by atomic mass is 16.5. The maximum Gasteiger partial charge on any atom is 0.338 e. The molecular weight excluding hydrogens is 358 g/mol. The molecule has 0 N–H and O–H groups in total. The molecular formula is C20H19N5O3. The van der Waals surface area contributed by atoms with Crippen molar-refractivity contribution in [1.29, 1.82) is 0 Å². The van der Waals surface area contributed by atoms with Gasteiger partial charge in [-0.15, -0.1) is 0 Å². The lowest BCUT2D eigenvalue weighted by atomic mass is 10.2. The molecule has 0 aliphatic rings. The van der Waals surface area contributed by atoms with Gasteiger partial charge in [0.05, 0.1) is 24.8 Å². The molecule has 0 unspecified atom stereocenters. The molecule has 28 heavy (non-hydrogen) atoms. The number of esters is 1. The number of rotatable bonds is 9. The van der Waals surface area contributed by atoms with Gasteiger partial charge in [0.1, 0.15) is 12.4 Å². The molecule has 1 heterocycles. The van der Waals surface area contributed by atoms with E-state index in [1.54, 1.807) is 47.4 Å². The number of azide groups is 1. The van der Waals surface area contributed by atoms with Crippen LogP contribution >= 0.6 is 0 Å². The van der Waals surface area contributed by atoms with E-state index in [4.69, 9.17) is 15.0 Å². The first-order chi connectivity index (χ1) is 13.7. The fourth-order valence-corrected chi connectivity index (χ4v) is 2.51. The van der Waals surface area contributed by atoms with E-state index in [1.165, 1.54) is 0 Å². The van der Waals surface area contributed by atoms with Gasteiger partial charge in [0.25, 0.3) is 0 Å².